The van der Waals surface area contributed by atoms with Gasteiger partial charge in [-0.3, -0.25) is 4.98 Å². The first-order chi connectivity index (χ1) is 12.4. The molecule has 26 heavy (non-hydrogen) atoms. The molecule has 0 unspecified atom stereocenters. The summed E-state index contributed by atoms with van der Waals surface area (Å²) in [6.45, 7) is 16.8. The minimum absolute atomic E-state index is 0.0974. The maximum absolute atomic E-state index is 4.43. The Bertz CT molecular complexity index is 681. The minimum atomic E-state index is -0.0974. The predicted molar refractivity (Wildman–Crippen MR) is 99.7 cm³/mol. The summed E-state index contributed by atoms with van der Waals surface area (Å²) in [5, 5.41) is 12.7. The second-order valence-corrected chi connectivity index (χ2v) is 8.78. The molecule has 3 rings (SSSR count). The van der Waals surface area contributed by atoms with Crippen molar-refractivity contribution >= 4 is 0 Å². The molecule has 1 fully saturated rings. The first-order valence-electron chi connectivity index (χ1n) is 9.72. The standard InChI is InChI=1S/C19H31N7/c1-15(2)17(18-21-22-23-26(18)19(3,4)5)25-12-10-24(11-13-25)14-16-6-8-20-9-7-16/h6-9,15,17H,10-14H2,1-5H3/p+2/t17-/m1/s1. The number of tetrazole rings is 1. The van der Waals surface area contributed by atoms with Gasteiger partial charge in [0.05, 0.1) is 5.54 Å². The van der Waals surface area contributed by atoms with E-state index in [9.17, 15) is 0 Å². The van der Waals surface area contributed by atoms with Gasteiger partial charge in [0.1, 0.15) is 32.7 Å². The van der Waals surface area contributed by atoms with Gasteiger partial charge in [-0.25, -0.2) is 4.68 Å². The number of hydrogen-bond donors (Lipinski definition) is 2. The normalized spacial score (nSPS) is 22.5. The Kier molecular flexibility index (Phi) is 5.67. The van der Waals surface area contributed by atoms with Crippen molar-refractivity contribution in [1.29, 1.82) is 0 Å². The van der Waals surface area contributed by atoms with Crippen molar-refractivity contribution in [2.75, 3.05) is 26.2 Å². The van der Waals surface area contributed by atoms with E-state index in [1.54, 1.807) is 9.80 Å². The van der Waals surface area contributed by atoms with E-state index >= 15 is 0 Å². The molecule has 1 aliphatic rings. The zero-order chi connectivity index (χ0) is 18.7. The van der Waals surface area contributed by atoms with Crippen LogP contribution < -0.4 is 9.80 Å². The summed E-state index contributed by atoms with van der Waals surface area (Å²) in [4.78, 5) is 7.38. The zero-order valence-corrected chi connectivity index (χ0v) is 16.7. The Morgan fingerprint density at radius 1 is 1.08 bits per heavy atom. The van der Waals surface area contributed by atoms with Gasteiger partial charge < -0.3 is 9.80 Å². The number of piperazine rings is 1. The summed E-state index contributed by atoms with van der Waals surface area (Å²) in [5.41, 5.74) is 1.27. The van der Waals surface area contributed by atoms with Crippen LogP contribution in [0.1, 0.15) is 52.0 Å². The lowest BCUT2D eigenvalue weighted by Crippen LogP contribution is -3.27. The van der Waals surface area contributed by atoms with Crippen molar-refractivity contribution in [2.24, 2.45) is 5.92 Å². The molecule has 1 aliphatic heterocycles. The highest BCUT2D eigenvalue weighted by Gasteiger charge is 2.37. The number of pyridine rings is 1. The molecule has 1 atom stereocenters. The minimum Gasteiger partial charge on any atom is -0.322 e. The molecule has 0 radical (unpaired) electrons. The van der Waals surface area contributed by atoms with E-state index in [4.69, 9.17) is 0 Å². The molecule has 0 bridgehead atoms. The summed E-state index contributed by atoms with van der Waals surface area (Å²) in [7, 11) is 0. The van der Waals surface area contributed by atoms with Crippen molar-refractivity contribution in [1.82, 2.24) is 25.2 Å². The summed E-state index contributed by atoms with van der Waals surface area (Å²) < 4.78 is 2.01. The molecule has 0 spiro atoms. The van der Waals surface area contributed by atoms with Crippen LogP contribution in [-0.4, -0.2) is 51.4 Å². The Hall–Kier alpha value is -1.86. The van der Waals surface area contributed by atoms with Crippen LogP contribution in [0.3, 0.4) is 0 Å². The van der Waals surface area contributed by atoms with Gasteiger partial charge in [-0.1, -0.05) is 13.8 Å². The molecular formula is C19H33N7+2. The van der Waals surface area contributed by atoms with Gasteiger partial charge >= 0.3 is 0 Å². The third-order valence-electron chi connectivity index (χ3n) is 5.32. The monoisotopic (exact) mass is 359 g/mol. The molecule has 2 N–H and O–H groups in total. The SMILES string of the molecule is CC(C)[C@H](c1nnnn1C(C)(C)C)[NH+]1CC[NH+](Cc2ccncc2)CC1. The van der Waals surface area contributed by atoms with Crippen molar-refractivity contribution in [2.45, 2.75) is 52.7 Å². The quantitative estimate of drug-likeness (QED) is 0.756. The third kappa shape index (κ3) is 4.27. The average Bonchev–Trinajstić information content (AvgIpc) is 3.07. The van der Waals surface area contributed by atoms with Gasteiger partial charge in [-0.15, -0.1) is 5.10 Å². The van der Waals surface area contributed by atoms with Gasteiger partial charge in [-0.05, 0) is 43.3 Å². The molecule has 7 nitrogen and oxygen atoms in total. The van der Waals surface area contributed by atoms with Crippen LogP contribution in [0.2, 0.25) is 0 Å². The highest BCUT2D eigenvalue weighted by molar-refractivity contribution is 5.07. The Labute approximate surface area is 156 Å². The lowest BCUT2D eigenvalue weighted by Gasteiger charge is -2.36. The molecule has 2 aromatic rings. The Morgan fingerprint density at radius 3 is 2.31 bits per heavy atom. The fourth-order valence-corrected chi connectivity index (χ4v) is 4.02. The van der Waals surface area contributed by atoms with Crippen molar-refractivity contribution in [3.05, 3.63) is 35.9 Å². The number of hydrogen-bond acceptors (Lipinski definition) is 4. The highest BCUT2D eigenvalue weighted by Crippen LogP contribution is 2.21. The fraction of sp³-hybridized carbons (Fsp3) is 0.684. The lowest BCUT2D eigenvalue weighted by molar-refractivity contribution is -1.03. The molecule has 0 aromatic carbocycles. The van der Waals surface area contributed by atoms with Gasteiger partial charge in [0.2, 0.25) is 5.82 Å². The van der Waals surface area contributed by atoms with Crippen molar-refractivity contribution in [3.63, 3.8) is 0 Å². The average molecular weight is 360 g/mol. The zero-order valence-electron chi connectivity index (χ0n) is 16.7. The first-order valence-corrected chi connectivity index (χ1v) is 9.72. The molecule has 3 heterocycles. The van der Waals surface area contributed by atoms with Crippen molar-refractivity contribution < 1.29 is 9.80 Å². The van der Waals surface area contributed by atoms with E-state index in [1.165, 1.54) is 18.7 Å². The van der Waals surface area contributed by atoms with E-state index in [1.807, 2.05) is 17.1 Å². The summed E-state index contributed by atoms with van der Waals surface area (Å²) in [5.74, 6) is 1.53. The second-order valence-electron chi connectivity index (χ2n) is 8.78. The molecule has 0 amide bonds. The van der Waals surface area contributed by atoms with Crippen molar-refractivity contribution in [3.8, 4) is 0 Å². The third-order valence-corrected chi connectivity index (χ3v) is 5.32. The molecule has 142 valence electrons. The lowest BCUT2D eigenvalue weighted by atomic mass is 9.99. The van der Waals surface area contributed by atoms with E-state index in [0.717, 1.165) is 25.5 Å². The van der Waals surface area contributed by atoms with Gasteiger partial charge in [0.15, 0.2) is 6.04 Å². The van der Waals surface area contributed by atoms with E-state index in [0.29, 0.717) is 12.0 Å². The fourth-order valence-electron chi connectivity index (χ4n) is 4.02. The van der Waals surface area contributed by atoms with Crippen LogP contribution in [0.15, 0.2) is 24.5 Å². The smallest absolute Gasteiger partial charge is 0.210 e. The molecule has 7 heteroatoms. The number of aromatic nitrogens is 5. The Morgan fingerprint density at radius 2 is 1.73 bits per heavy atom. The summed E-state index contributed by atoms with van der Waals surface area (Å²) >= 11 is 0. The highest BCUT2D eigenvalue weighted by atomic mass is 15.6. The van der Waals surface area contributed by atoms with Crippen LogP contribution in [0.5, 0.6) is 0 Å². The second kappa shape index (κ2) is 7.80. The van der Waals surface area contributed by atoms with E-state index < -0.39 is 0 Å². The number of rotatable bonds is 5. The largest absolute Gasteiger partial charge is 0.322 e. The maximum Gasteiger partial charge on any atom is 0.210 e. The van der Waals surface area contributed by atoms with Crippen LogP contribution in [-0.2, 0) is 12.1 Å². The maximum atomic E-state index is 4.43. The van der Waals surface area contributed by atoms with Crippen LogP contribution in [0.4, 0.5) is 0 Å². The number of nitrogens with zero attached hydrogens (tertiary/aromatic N) is 5. The van der Waals surface area contributed by atoms with Gasteiger partial charge in [0.25, 0.3) is 0 Å². The molecular weight excluding hydrogens is 326 g/mol. The summed E-state index contributed by atoms with van der Waals surface area (Å²) in [6.07, 6.45) is 3.77. The molecule has 2 aromatic heterocycles. The van der Waals surface area contributed by atoms with Gasteiger partial charge in [0, 0.05) is 23.9 Å². The molecule has 1 saturated heterocycles. The molecule has 0 saturated carbocycles. The Balaban J connectivity index is 1.69. The van der Waals surface area contributed by atoms with Gasteiger partial charge in [-0.2, -0.15) is 0 Å². The van der Waals surface area contributed by atoms with E-state index in [-0.39, 0.29) is 5.54 Å². The van der Waals surface area contributed by atoms with Crippen LogP contribution in [0.25, 0.3) is 0 Å². The van der Waals surface area contributed by atoms with Crippen LogP contribution >= 0.6 is 0 Å². The summed E-state index contributed by atoms with van der Waals surface area (Å²) in [6, 6.07) is 4.59. The first kappa shape index (κ1) is 18.9. The number of nitrogens with one attached hydrogen (secondary N) is 2. The molecule has 0 aliphatic carbocycles. The van der Waals surface area contributed by atoms with E-state index in [2.05, 4.69) is 67.3 Å². The number of quaternary nitrogens is 2. The topological polar surface area (TPSA) is 65.4 Å². The van der Waals surface area contributed by atoms with Crippen LogP contribution in [0, 0.1) is 5.92 Å². The predicted octanol–water partition coefficient (Wildman–Crippen LogP) is -0.496.